The van der Waals surface area contributed by atoms with Crippen LogP contribution >= 0.6 is 0 Å². The topological polar surface area (TPSA) is 35.5 Å². The molecule has 0 aliphatic heterocycles. The van der Waals surface area contributed by atoms with E-state index < -0.39 is 0 Å². The molecule has 1 aromatic rings. The molecule has 0 aliphatic rings. The van der Waals surface area contributed by atoms with Gasteiger partial charge in [0.15, 0.2) is 6.61 Å². The largest absolute Gasteiger partial charge is 0.481 e. The van der Waals surface area contributed by atoms with Crippen LogP contribution in [0.25, 0.3) is 5.57 Å². The van der Waals surface area contributed by atoms with Crippen LogP contribution in [-0.4, -0.2) is 19.2 Å². The van der Waals surface area contributed by atoms with Crippen LogP contribution in [0.4, 0.5) is 0 Å². The van der Waals surface area contributed by atoms with E-state index in [0.717, 1.165) is 16.7 Å². The first-order chi connectivity index (χ1) is 8.56. The van der Waals surface area contributed by atoms with Gasteiger partial charge in [-0.3, -0.25) is 0 Å². The van der Waals surface area contributed by atoms with Gasteiger partial charge in [0.1, 0.15) is 5.75 Å². The van der Waals surface area contributed by atoms with Crippen molar-refractivity contribution in [2.24, 2.45) is 0 Å². The third-order valence-corrected chi connectivity index (χ3v) is 2.38. The van der Waals surface area contributed by atoms with Crippen LogP contribution in [0.3, 0.4) is 0 Å². The van der Waals surface area contributed by atoms with Crippen molar-refractivity contribution in [1.29, 1.82) is 0 Å². The van der Waals surface area contributed by atoms with Crippen LogP contribution in [0.1, 0.15) is 19.4 Å². The van der Waals surface area contributed by atoms with Gasteiger partial charge in [0.2, 0.25) is 0 Å². The maximum absolute atomic E-state index is 11.2. The first kappa shape index (κ1) is 14.0. The lowest BCUT2D eigenvalue weighted by Crippen LogP contribution is -2.15. The predicted octanol–water partition coefficient (Wildman–Crippen LogP) is 3.22. The molecular formula is C15H18O3. The summed E-state index contributed by atoms with van der Waals surface area (Å²) in [5, 5.41) is 0. The smallest absolute Gasteiger partial charge is 0.344 e. The summed E-state index contributed by atoms with van der Waals surface area (Å²) in [6.45, 7) is 11.7. The number of benzene rings is 1. The van der Waals surface area contributed by atoms with E-state index in [1.54, 1.807) is 13.0 Å². The molecule has 0 N–H and O–H groups in total. The summed E-state index contributed by atoms with van der Waals surface area (Å²) in [6.07, 6.45) is 0. The summed E-state index contributed by atoms with van der Waals surface area (Å²) in [5.74, 6) is 0.229. The van der Waals surface area contributed by atoms with E-state index in [4.69, 9.17) is 9.47 Å². The predicted molar refractivity (Wildman–Crippen MR) is 72.4 cm³/mol. The van der Waals surface area contributed by atoms with Gasteiger partial charge in [-0.2, -0.15) is 0 Å². The second-order valence-corrected chi connectivity index (χ2v) is 3.85. The minimum atomic E-state index is -0.381. The highest BCUT2D eigenvalue weighted by atomic mass is 16.6. The van der Waals surface area contributed by atoms with Gasteiger partial charge < -0.3 is 9.47 Å². The Hall–Kier alpha value is -2.03. The van der Waals surface area contributed by atoms with Crippen LogP contribution in [-0.2, 0) is 9.53 Å². The van der Waals surface area contributed by atoms with Gasteiger partial charge in [-0.05, 0) is 25.5 Å². The summed E-state index contributed by atoms with van der Waals surface area (Å²) in [7, 11) is 0. The SMILES string of the molecule is C=C(C)C(=C)c1ccccc1OCC(=O)OCC. The van der Waals surface area contributed by atoms with E-state index >= 15 is 0 Å². The van der Waals surface area contributed by atoms with Crippen LogP contribution < -0.4 is 4.74 Å². The molecule has 0 saturated carbocycles. The Morgan fingerprint density at radius 2 is 1.94 bits per heavy atom. The number of carbonyl (C=O) groups is 1. The molecular weight excluding hydrogens is 228 g/mol. The molecule has 0 fully saturated rings. The Labute approximate surface area is 108 Å². The number of esters is 1. The fourth-order valence-corrected chi connectivity index (χ4v) is 1.41. The average Bonchev–Trinajstić information content (AvgIpc) is 2.36. The molecule has 0 radical (unpaired) electrons. The zero-order valence-corrected chi connectivity index (χ0v) is 10.9. The summed E-state index contributed by atoms with van der Waals surface area (Å²) < 4.78 is 10.3. The molecule has 0 amide bonds. The van der Waals surface area contributed by atoms with Gasteiger partial charge >= 0.3 is 5.97 Å². The van der Waals surface area contributed by atoms with Gasteiger partial charge in [-0.25, -0.2) is 4.79 Å². The number of carbonyl (C=O) groups excluding carboxylic acids is 1. The maximum atomic E-state index is 11.2. The van der Waals surface area contributed by atoms with Crippen molar-refractivity contribution in [3.63, 3.8) is 0 Å². The Kier molecular flexibility index (Phi) is 5.18. The van der Waals surface area contributed by atoms with Crippen molar-refractivity contribution < 1.29 is 14.3 Å². The minimum Gasteiger partial charge on any atom is -0.481 e. The number of rotatable bonds is 6. The lowest BCUT2D eigenvalue weighted by Gasteiger charge is -2.12. The van der Waals surface area contributed by atoms with E-state index in [1.165, 1.54) is 0 Å². The molecule has 0 aliphatic carbocycles. The Morgan fingerprint density at radius 1 is 1.28 bits per heavy atom. The van der Waals surface area contributed by atoms with Gasteiger partial charge in [0.05, 0.1) is 6.61 Å². The molecule has 96 valence electrons. The van der Waals surface area contributed by atoms with E-state index in [9.17, 15) is 4.79 Å². The average molecular weight is 246 g/mol. The fourth-order valence-electron chi connectivity index (χ4n) is 1.41. The molecule has 3 heteroatoms. The molecule has 0 aromatic heterocycles. The van der Waals surface area contributed by atoms with Crippen molar-refractivity contribution in [2.75, 3.05) is 13.2 Å². The number of allylic oxidation sites excluding steroid dienone is 2. The molecule has 0 bridgehead atoms. The van der Waals surface area contributed by atoms with Crippen LogP contribution in [0.2, 0.25) is 0 Å². The zero-order valence-electron chi connectivity index (χ0n) is 10.9. The summed E-state index contributed by atoms with van der Waals surface area (Å²) >= 11 is 0. The van der Waals surface area contributed by atoms with E-state index in [0.29, 0.717) is 12.4 Å². The summed E-state index contributed by atoms with van der Waals surface area (Å²) in [5.41, 5.74) is 2.51. The van der Waals surface area contributed by atoms with E-state index in [2.05, 4.69) is 13.2 Å². The highest BCUT2D eigenvalue weighted by Gasteiger charge is 2.09. The fraction of sp³-hybridized carbons (Fsp3) is 0.267. The number of hydrogen-bond donors (Lipinski definition) is 0. The Morgan fingerprint density at radius 3 is 2.56 bits per heavy atom. The highest BCUT2D eigenvalue weighted by Crippen LogP contribution is 2.28. The molecule has 0 unspecified atom stereocenters. The summed E-state index contributed by atoms with van der Waals surface area (Å²) in [4.78, 5) is 11.2. The second-order valence-electron chi connectivity index (χ2n) is 3.85. The lowest BCUT2D eigenvalue weighted by atomic mass is 10.0. The molecule has 0 heterocycles. The van der Waals surface area contributed by atoms with Gasteiger partial charge in [-0.15, -0.1) is 0 Å². The van der Waals surface area contributed by atoms with Crippen LogP contribution in [0.5, 0.6) is 5.75 Å². The Balaban J connectivity index is 2.80. The Bertz CT molecular complexity index is 461. The molecule has 18 heavy (non-hydrogen) atoms. The molecule has 1 rings (SSSR count). The molecule has 3 nitrogen and oxygen atoms in total. The van der Waals surface area contributed by atoms with Gasteiger partial charge in [-0.1, -0.05) is 36.9 Å². The van der Waals surface area contributed by atoms with Crippen molar-refractivity contribution in [2.45, 2.75) is 13.8 Å². The normalized spacial score (nSPS) is 9.67. The molecule has 1 aromatic carbocycles. The van der Waals surface area contributed by atoms with E-state index in [1.807, 2.05) is 25.1 Å². The molecule has 0 atom stereocenters. The zero-order chi connectivity index (χ0) is 13.5. The monoisotopic (exact) mass is 246 g/mol. The third kappa shape index (κ3) is 3.77. The summed E-state index contributed by atoms with van der Waals surface area (Å²) in [6, 6.07) is 7.41. The first-order valence-corrected chi connectivity index (χ1v) is 5.78. The molecule has 0 spiro atoms. The third-order valence-electron chi connectivity index (χ3n) is 2.38. The van der Waals surface area contributed by atoms with Crippen molar-refractivity contribution in [3.8, 4) is 5.75 Å². The first-order valence-electron chi connectivity index (χ1n) is 5.78. The van der Waals surface area contributed by atoms with Crippen molar-refractivity contribution in [3.05, 3.63) is 48.6 Å². The number of ether oxygens (including phenoxy) is 2. The number of hydrogen-bond acceptors (Lipinski definition) is 3. The van der Waals surface area contributed by atoms with Gasteiger partial charge in [0, 0.05) is 5.56 Å². The standard InChI is InChI=1S/C15H18O3/c1-5-17-15(16)10-18-14-9-7-6-8-13(14)12(4)11(2)3/h6-9H,2,4-5,10H2,1,3H3. The maximum Gasteiger partial charge on any atom is 0.344 e. The van der Waals surface area contributed by atoms with Gasteiger partial charge in [0.25, 0.3) is 0 Å². The minimum absolute atomic E-state index is 0.103. The van der Waals surface area contributed by atoms with Crippen molar-refractivity contribution in [1.82, 2.24) is 0 Å². The highest BCUT2D eigenvalue weighted by molar-refractivity contribution is 5.79. The van der Waals surface area contributed by atoms with Crippen molar-refractivity contribution >= 4 is 11.5 Å². The quantitative estimate of drug-likeness (QED) is 0.571. The van der Waals surface area contributed by atoms with E-state index in [-0.39, 0.29) is 12.6 Å². The lowest BCUT2D eigenvalue weighted by molar-refractivity contribution is -0.145. The number of para-hydroxylation sites is 1. The van der Waals surface area contributed by atoms with Crippen LogP contribution in [0.15, 0.2) is 43.0 Å². The van der Waals surface area contributed by atoms with Crippen LogP contribution in [0, 0.1) is 0 Å². The molecule has 0 saturated heterocycles. The second kappa shape index (κ2) is 6.64.